The Kier molecular flexibility index (Phi) is 7.41. The van der Waals surface area contributed by atoms with Gasteiger partial charge in [-0.3, -0.25) is 0 Å². The molecular weight excluding hydrogens is 352 g/mol. The molecule has 2 atom stereocenters. The third kappa shape index (κ3) is 6.69. The molecule has 0 saturated heterocycles. The van der Waals surface area contributed by atoms with Gasteiger partial charge in [-0.05, 0) is 96.3 Å². The van der Waals surface area contributed by atoms with Crippen LogP contribution < -0.4 is 0 Å². The number of hydrogen-bond donors (Lipinski definition) is 3. The fraction of sp³-hybridized carbons (Fsp3) is 0.833. The monoisotopic (exact) mass is 392 g/mol. The third-order valence-corrected chi connectivity index (χ3v) is 6.96. The van der Waals surface area contributed by atoms with E-state index < -0.39 is 17.8 Å². The van der Waals surface area contributed by atoms with Crippen LogP contribution in [0.15, 0.2) is 23.3 Å². The van der Waals surface area contributed by atoms with Gasteiger partial charge in [-0.1, -0.05) is 23.3 Å². The number of aliphatic hydroxyl groups is 3. The topological polar surface area (TPSA) is 69.9 Å². The number of allylic oxidation sites excluding steroid dienone is 3. The molecule has 0 aliphatic heterocycles. The lowest BCUT2D eigenvalue weighted by Gasteiger charge is -2.43. The molecule has 28 heavy (non-hydrogen) atoms. The maximum Gasteiger partial charge on any atom is 0.0613 e. The number of rotatable bonds is 5. The minimum Gasteiger partial charge on any atom is -0.393 e. The smallest absolute Gasteiger partial charge is 0.0613 e. The van der Waals surface area contributed by atoms with Crippen molar-refractivity contribution in [2.75, 3.05) is 6.61 Å². The minimum absolute atomic E-state index is 0.356. The molecule has 1 spiro atoms. The predicted molar refractivity (Wildman–Crippen MR) is 112 cm³/mol. The Morgan fingerprint density at radius 3 is 2.32 bits per heavy atom. The molecule has 3 aliphatic carbocycles. The maximum atomic E-state index is 9.87. The highest BCUT2D eigenvalue weighted by molar-refractivity contribution is 5.22. The van der Waals surface area contributed by atoms with E-state index in [-0.39, 0.29) is 0 Å². The van der Waals surface area contributed by atoms with E-state index in [9.17, 15) is 15.3 Å². The molecule has 0 heterocycles. The van der Waals surface area contributed by atoms with E-state index in [0.717, 1.165) is 12.8 Å². The van der Waals surface area contributed by atoms with Crippen LogP contribution in [0.3, 0.4) is 0 Å². The standard InChI is InChI=1S/C24H40O4/c1-23(2,27)12-13-28-22-7-10-24(11-8-22)9-3-4-18(17-24)5-6-19-14-20(25)16-21(26)15-19/h5-6,20-22,25-27H,3-4,7-17H2,1-2H3/b18-5-/t20-,21-,22?,24?/m1/s1. The first-order valence-corrected chi connectivity index (χ1v) is 11.3. The van der Waals surface area contributed by atoms with Gasteiger partial charge in [-0.15, -0.1) is 0 Å². The molecule has 0 amide bonds. The zero-order chi connectivity index (χ0) is 20.2. The van der Waals surface area contributed by atoms with Gasteiger partial charge in [0.2, 0.25) is 0 Å². The van der Waals surface area contributed by atoms with Gasteiger partial charge in [0, 0.05) is 6.61 Å². The van der Waals surface area contributed by atoms with Gasteiger partial charge in [0.05, 0.1) is 23.9 Å². The molecule has 3 fully saturated rings. The minimum atomic E-state index is -0.641. The Morgan fingerprint density at radius 1 is 1.04 bits per heavy atom. The van der Waals surface area contributed by atoms with Crippen molar-refractivity contribution < 1.29 is 20.1 Å². The van der Waals surface area contributed by atoms with Crippen LogP contribution in [0.25, 0.3) is 0 Å². The van der Waals surface area contributed by atoms with E-state index in [4.69, 9.17) is 4.74 Å². The molecule has 3 rings (SSSR count). The van der Waals surface area contributed by atoms with E-state index in [0.29, 0.717) is 43.8 Å². The number of ether oxygens (including phenoxy) is 1. The largest absolute Gasteiger partial charge is 0.393 e. The van der Waals surface area contributed by atoms with Crippen molar-refractivity contribution in [3.63, 3.8) is 0 Å². The van der Waals surface area contributed by atoms with Gasteiger partial charge in [-0.25, -0.2) is 0 Å². The summed E-state index contributed by atoms with van der Waals surface area (Å²) in [6, 6.07) is 0. The van der Waals surface area contributed by atoms with Crippen LogP contribution in [0, 0.1) is 5.41 Å². The highest BCUT2D eigenvalue weighted by atomic mass is 16.5. The molecule has 0 bridgehead atoms. The van der Waals surface area contributed by atoms with Crippen molar-refractivity contribution in [2.45, 2.75) is 115 Å². The molecule has 0 aromatic rings. The fourth-order valence-electron chi connectivity index (χ4n) is 5.30. The van der Waals surface area contributed by atoms with E-state index in [1.807, 2.05) is 13.8 Å². The Bertz CT molecular complexity index is 552. The van der Waals surface area contributed by atoms with E-state index in [1.165, 1.54) is 49.7 Å². The highest BCUT2D eigenvalue weighted by Gasteiger charge is 2.37. The van der Waals surface area contributed by atoms with Crippen molar-refractivity contribution >= 4 is 0 Å². The van der Waals surface area contributed by atoms with Crippen molar-refractivity contribution in [1.82, 2.24) is 0 Å². The van der Waals surface area contributed by atoms with Gasteiger partial charge in [0.1, 0.15) is 0 Å². The molecule has 3 N–H and O–H groups in total. The van der Waals surface area contributed by atoms with Crippen LogP contribution in [-0.4, -0.2) is 45.8 Å². The fourth-order valence-corrected chi connectivity index (χ4v) is 5.30. The summed E-state index contributed by atoms with van der Waals surface area (Å²) in [6.07, 6.45) is 16.4. The van der Waals surface area contributed by atoms with E-state index >= 15 is 0 Å². The van der Waals surface area contributed by atoms with Gasteiger partial charge >= 0.3 is 0 Å². The molecule has 3 aliphatic rings. The average Bonchev–Trinajstić information content (AvgIpc) is 2.60. The zero-order valence-electron chi connectivity index (χ0n) is 17.8. The summed E-state index contributed by atoms with van der Waals surface area (Å²) in [5, 5.41) is 29.6. The molecule has 0 unspecified atom stereocenters. The molecular formula is C24H40O4. The summed E-state index contributed by atoms with van der Waals surface area (Å²) in [4.78, 5) is 0. The molecule has 3 saturated carbocycles. The Morgan fingerprint density at radius 2 is 1.68 bits per heavy atom. The average molecular weight is 393 g/mol. The number of aliphatic hydroxyl groups excluding tert-OH is 2. The normalized spacial score (nSPS) is 36.1. The molecule has 0 aromatic heterocycles. The summed E-state index contributed by atoms with van der Waals surface area (Å²) in [5.41, 5.74) is 2.53. The number of hydrogen-bond acceptors (Lipinski definition) is 4. The van der Waals surface area contributed by atoms with Crippen molar-refractivity contribution in [3.05, 3.63) is 23.3 Å². The molecule has 0 aromatic carbocycles. The summed E-state index contributed by atoms with van der Waals surface area (Å²) in [6.45, 7) is 4.33. The van der Waals surface area contributed by atoms with E-state index in [2.05, 4.69) is 12.2 Å². The first-order valence-electron chi connectivity index (χ1n) is 11.3. The van der Waals surface area contributed by atoms with Gasteiger partial charge < -0.3 is 20.1 Å². The second-order valence-electron chi connectivity index (χ2n) is 10.3. The Balaban J connectivity index is 1.49. The van der Waals surface area contributed by atoms with Gasteiger partial charge in [0.15, 0.2) is 0 Å². The summed E-state index contributed by atoms with van der Waals surface area (Å²) in [5.74, 6) is 0. The molecule has 4 nitrogen and oxygen atoms in total. The summed E-state index contributed by atoms with van der Waals surface area (Å²) < 4.78 is 6.04. The molecule has 4 heteroatoms. The van der Waals surface area contributed by atoms with Crippen molar-refractivity contribution in [1.29, 1.82) is 0 Å². The van der Waals surface area contributed by atoms with E-state index in [1.54, 1.807) is 0 Å². The van der Waals surface area contributed by atoms with Crippen molar-refractivity contribution in [2.24, 2.45) is 5.41 Å². The van der Waals surface area contributed by atoms with Crippen molar-refractivity contribution in [3.8, 4) is 0 Å². The van der Waals surface area contributed by atoms with Crippen LogP contribution in [0.2, 0.25) is 0 Å². The van der Waals surface area contributed by atoms with Crippen LogP contribution >= 0.6 is 0 Å². The SMILES string of the molecule is CC(C)(O)CCOC1CCC2(CCC/C(=C/C=C3C[C@@H](O)C[C@H](O)C3)C2)CC1. The lowest BCUT2D eigenvalue weighted by Crippen LogP contribution is -2.34. The summed E-state index contributed by atoms with van der Waals surface area (Å²) in [7, 11) is 0. The first kappa shape index (κ1) is 22.0. The predicted octanol–water partition coefficient (Wildman–Crippen LogP) is 4.43. The first-order chi connectivity index (χ1) is 13.2. The zero-order valence-corrected chi connectivity index (χ0v) is 17.8. The van der Waals surface area contributed by atoms with Crippen LogP contribution in [0.1, 0.15) is 90.9 Å². The molecule has 160 valence electrons. The quantitative estimate of drug-likeness (QED) is 0.647. The Labute approximate surface area is 170 Å². The van der Waals surface area contributed by atoms with Gasteiger partial charge in [-0.2, -0.15) is 0 Å². The Hall–Kier alpha value is -0.680. The third-order valence-electron chi connectivity index (χ3n) is 6.96. The van der Waals surface area contributed by atoms with Crippen LogP contribution in [0.4, 0.5) is 0 Å². The van der Waals surface area contributed by atoms with Gasteiger partial charge in [0.25, 0.3) is 0 Å². The second-order valence-corrected chi connectivity index (χ2v) is 10.3. The summed E-state index contributed by atoms with van der Waals surface area (Å²) >= 11 is 0. The molecule has 0 radical (unpaired) electrons. The van der Waals surface area contributed by atoms with Crippen LogP contribution in [-0.2, 0) is 4.74 Å². The highest BCUT2D eigenvalue weighted by Crippen LogP contribution is 2.49. The lowest BCUT2D eigenvalue weighted by atomic mass is 9.63. The van der Waals surface area contributed by atoms with Crippen LogP contribution in [0.5, 0.6) is 0 Å². The maximum absolute atomic E-state index is 9.87. The lowest BCUT2D eigenvalue weighted by molar-refractivity contribution is -0.0341. The second kappa shape index (κ2) is 9.42.